The molecule has 0 saturated carbocycles. The number of halogens is 2. The summed E-state index contributed by atoms with van der Waals surface area (Å²) in [5.41, 5.74) is 6.76. The van der Waals surface area contributed by atoms with E-state index in [0.29, 0.717) is 5.30 Å². The van der Waals surface area contributed by atoms with Crippen LogP contribution in [-0.2, 0) is 4.57 Å². The fourth-order valence-electron chi connectivity index (χ4n) is 4.30. The van der Waals surface area contributed by atoms with E-state index < -0.39 is 0 Å². The maximum absolute atomic E-state index is 13.9. The zero-order valence-electron chi connectivity index (χ0n) is 18.1. The number of hydrogen-bond donors (Lipinski definition) is 0. The van der Waals surface area contributed by atoms with Gasteiger partial charge in [-0.1, -0.05) is 84.9 Å². The molecule has 0 atom stereocenters. The van der Waals surface area contributed by atoms with Gasteiger partial charge < -0.3 is 0 Å². The summed E-state index contributed by atoms with van der Waals surface area (Å²) in [6.45, 7) is 0. The minimum absolute atomic E-state index is 0.132. The molecule has 0 N–H and O–H groups in total. The van der Waals surface area contributed by atoms with Gasteiger partial charge >= 0.3 is 0 Å². The van der Waals surface area contributed by atoms with E-state index in [1.807, 2.05) is 66.7 Å². The lowest BCUT2D eigenvalue weighted by atomic mass is 9.83. The second-order valence-electron chi connectivity index (χ2n) is 7.91. The third-order valence-electron chi connectivity index (χ3n) is 5.82. The topological polar surface area (TPSA) is 17.1 Å². The van der Waals surface area contributed by atoms with Crippen molar-refractivity contribution >= 4 is 13.8 Å². The molecule has 0 aliphatic heterocycles. The Balaban J connectivity index is 1.98. The SMILES string of the molecule is O=Pc1cc(-c2ccccc2)c(-c2ccc(F)cc2)c(-c2ccc(F)cc2)c1-c1ccccc1. The zero-order chi connectivity index (χ0) is 23.5. The predicted molar refractivity (Wildman–Crippen MR) is 135 cm³/mol. The Kier molecular flexibility index (Phi) is 6.12. The van der Waals surface area contributed by atoms with E-state index in [9.17, 15) is 13.3 Å². The van der Waals surface area contributed by atoms with E-state index >= 15 is 0 Å². The molecule has 5 rings (SSSR count). The van der Waals surface area contributed by atoms with Crippen LogP contribution in [0.4, 0.5) is 8.78 Å². The van der Waals surface area contributed by atoms with Crippen molar-refractivity contribution in [2.45, 2.75) is 0 Å². The van der Waals surface area contributed by atoms with Crippen LogP contribution in [0.2, 0.25) is 0 Å². The minimum atomic E-state index is -0.338. The summed E-state index contributed by atoms with van der Waals surface area (Å²) in [6.07, 6.45) is 0. The van der Waals surface area contributed by atoms with E-state index in [1.165, 1.54) is 24.3 Å². The van der Waals surface area contributed by atoms with Crippen LogP contribution in [0.1, 0.15) is 0 Å². The number of benzene rings is 5. The highest BCUT2D eigenvalue weighted by Crippen LogP contribution is 2.45. The van der Waals surface area contributed by atoms with Gasteiger partial charge in [0.2, 0.25) is 0 Å². The van der Waals surface area contributed by atoms with Crippen LogP contribution in [0.15, 0.2) is 115 Å². The monoisotopic (exact) mass is 464 g/mol. The van der Waals surface area contributed by atoms with Crippen molar-refractivity contribution in [2.75, 3.05) is 0 Å². The van der Waals surface area contributed by atoms with E-state index in [1.54, 1.807) is 24.3 Å². The smallest absolute Gasteiger partial charge is 0.192 e. The van der Waals surface area contributed by atoms with Crippen molar-refractivity contribution in [3.8, 4) is 44.5 Å². The van der Waals surface area contributed by atoms with Crippen molar-refractivity contribution in [1.82, 2.24) is 0 Å². The first-order valence-electron chi connectivity index (χ1n) is 10.8. The Hall–Kier alpha value is -3.94. The fourth-order valence-corrected chi connectivity index (χ4v) is 4.82. The van der Waals surface area contributed by atoms with Gasteiger partial charge in [0.25, 0.3) is 0 Å². The molecule has 5 aromatic rings. The van der Waals surface area contributed by atoms with Crippen LogP contribution in [0.5, 0.6) is 0 Å². The van der Waals surface area contributed by atoms with Crippen LogP contribution in [0.25, 0.3) is 44.5 Å². The van der Waals surface area contributed by atoms with Gasteiger partial charge in [-0.05, 0) is 69.3 Å². The normalized spacial score (nSPS) is 11.0. The third-order valence-corrected chi connectivity index (χ3v) is 6.37. The van der Waals surface area contributed by atoms with Crippen molar-refractivity contribution < 1.29 is 13.3 Å². The molecule has 4 heteroatoms. The Morgan fingerprint density at radius 1 is 0.471 bits per heavy atom. The number of rotatable bonds is 5. The van der Waals surface area contributed by atoms with E-state index in [0.717, 1.165) is 44.5 Å². The quantitative estimate of drug-likeness (QED) is 0.238. The summed E-state index contributed by atoms with van der Waals surface area (Å²) >= 11 is 0. The summed E-state index contributed by atoms with van der Waals surface area (Å²) in [7, 11) is -0.132. The second-order valence-corrected chi connectivity index (χ2v) is 8.57. The van der Waals surface area contributed by atoms with E-state index in [4.69, 9.17) is 0 Å². The summed E-state index contributed by atoms with van der Waals surface area (Å²) in [5.74, 6) is -0.666. The molecule has 0 saturated heterocycles. The van der Waals surface area contributed by atoms with Gasteiger partial charge in [-0.3, -0.25) is 4.57 Å². The average Bonchev–Trinajstić information content (AvgIpc) is 2.89. The largest absolute Gasteiger partial charge is 0.269 e. The Morgan fingerprint density at radius 2 is 0.912 bits per heavy atom. The second kappa shape index (κ2) is 9.51. The lowest BCUT2D eigenvalue weighted by Gasteiger charge is -2.22. The Morgan fingerprint density at radius 3 is 1.41 bits per heavy atom. The fraction of sp³-hybridized carbons (Fsp3) is 0. The lowest BCUT2D eigenvalue weighted by Crippen LogP contribution is -2.05. The molecule has 0 bridgehead atoms. The van der Waals surface area contributed by atoms with E-state index in [-0.39, 0.29) is 20.1 Å². The molecule has 0 radical (unpaired) electrons. The van der Waals surface area contributed by atoms with Crippen LogP contribution in [0.3, 0.4) is 0 Å². The number of hydrogen-bond acceptors (Lipinski definition) is 1. The van der Waals surface area contributed by atoms with Crippen molar-refractivity contribution in [3.05, 3.63) is 127 Å². The van der Waals surface area contributed by atoms with Crippen molar-refractivity contribution in [2.24, 2.45) is 0 Å². The van der Waals surface area contributed by atoms with Gasteiger partial charge in [-0.15, -0.1) is 0 Å². The molecule has 0 aliphatic carbocycles. The molecule has 0 aliphatic rings. The first-order valence-corrected chi connectivity index (χ1v) is 11.6. The highest BCUT2D eigenvalue weighted by molar-refractivity contribution is 7.34. The third kappa shape index (κ3) is 4.19. The molecule has 5 aromatic carbocycles. The van der Waals surface area contributed by atoms with Crippen LogP contribution in [0, 0.1) is 11.6 Å². The van der Waals surface area contributed by atoms with Gasteiger partial charge in [0.05, 0.1) is 5.30 Å². The Labute approximate surface area is 198 Å². The standard InChI is InChI=1S/C30H19F2OP/c31-24-15-11-22(12-16-24)28-26(20-7-3-1-4-8-20)19-27(34-33)29(21-9-5-2-6-10-21)30(28)23-13-17-25(32)18-14-23/h1-19H. The molecular weight excluding hydrogens is 445 g/mol. The lowest BCUT2D eigenvalue weighted by molar-refractivity contribution is 0.603. The van der Waals surface area contributed by atoms with Crippen molar-refractivity contribution in [3.63, 3.8) is 0 Å². The van der Waals surface area contributed by atoms with Gasteiger partial charge in [-0.25, -0.2) is 8.78 Å². The maximum atomic E-state index is 13.9. The first kappa shape index (κ1) is 21.9. The Bertz CT molecular complexity index is 1450. The summed E-state index contributed by atoms with van der Waals surface area (Å²) in [5, 5.41) is 0.621. The molecule has 0 fully saturated rings. The van der Waals surface area contributed by atoms with Gasteiger partial charge in [0.1, 0.15) is 11.6 Å². The molecule has 0 spiro atoms. The van der Waals surface area contributed by atoms with Crippen LogP contribution >= 0.6 is 8.46 Å². The van der Waals surface area contributed by atoms with Gasteiger partial charge in [0, 0.05) is 5.56 Å². The van der Waals surface area contributed by atoms with Gasteiger partial charge in [-0.2, -0.15) is 0 Å². The highest BCUT2D eigenvalue weighted by atomic mass is 31.1. The predicted octanol–water partition coefficient (Wildman–Crippen LogP) is 8.55. The minimum Gasteiger partial charge on any atom is -0.269 e. The highest BCUT2D eigenvalue weighted by Gasteiger charge is 2.23. The molecule has 0 heterocycles. The zero-order valence-corrected chi connectivity index (χ0v) is 19.0. The molecule has 34 heavy (non-hydrogen) atoms. The molecule has 0 aromatic heterocycles. The van der Waals surface area contributed by atoms with Crippen LogP contribution in [-0.4, -0.2) is 0 Å². The van der Waals surface area contributed by atoms with Crippen LogP contribution < -0.4 is 5.30 Å². The van der Waals surface area contributed by atoms with Gasteiger partial charge in [0.15, 0.2) is 8.46 Å². The molecule has 1 nitrogen and oxygen atoms in total. The summed E-state index contributed by atoms with van der Waals surface area (Å²) < 4.78 is 40.3. The van der Waals surface area contributed by atoms with Crippen molar-refractivity contribution in [1.29, 1.82) is 0 Å². The molecule has 164 valence electrons. The van der Waals surface area contributed by atoms with E-state index in [2.05, 4.69) is 0 Å². The molecular formula is C30H19F2OP. The molecule has 0 amide bonds. The molecule has 0 unspecified atom stereocenters. The first-order chi connectivity index (χ1) is 16.7. The summed E-state index contributed by atoms with van der Waals surface area (Å²) in [6, 6.07) is 34.1. The average molecular weight is 464 g/mol. The maximum Gasteiger partial charge on any atom is 0.192 e. The summed E-state index contributed by atoms with van der Waals surface area (Å²) in [4.78, 5) is 0.